The molecule has 1 aliphatic heterocycles. The zero-order valence-corrected chi connectivity index (χ0v) is 17.9. The monoisotopic (exact) mass is 445 g/mol. The first-order valence-electron chi connectivity index (χ1n) is 9.98. The lowest BCUT2D eigenvalue weighted by Crippen LogP contribution is -2.42. The maximum atomic E-state index is 13.0. The van der Waals surface area contributed by atoms with E-state index in [-0.39, 0.29) is 17.5 Å². The molecule has 1 amide bonds. The Hall–Kier alpha value is -2.95. The van der Waals surface area contributed by atoms with Gasteiger partial charge < -0.3 is 20.5 Å². The van der Waals surface area contributed by atoms with Crippen LogP contribution in [0, 0.1) is 0 Å². The van der Waals surface area contributed by atoms with Crippen molar-refractivity contribution in [2.24, 2.45) is 0 Å². The van der Waals surface area contributed by atoms with Crippen molar-refractivity contribution in [3.63, 3.8) is 0 Å². The van der Waals surface area contributed by atoms with Crippen LogP contribution < -0.4 is 15.8 Å². The van der Waals surface area contributed by atoms with Gasteiger partial charge in [0.05, 0.1) is 24.0 Å². The van der Waals surface area contributed by atoms with Crippen molar-refractivity contribution < 1.29 is 14.3 Å². The Labute approximate surface area is 184 Å². The number of nitrogens with two attached hydrogens (primary N) is 1. The third-order valence-corrected chi connectivity index (χ3v) is 5.29. The fraction of sp³-hybridized carbons (Fsp3) is 0.400. The SMILES string of the molecule is COCCN1CCC[C@H](Oc2ccncc2NC(=O)c2c(N)nn3cc(Cl)cnc23)C1. The summed E-state index contributed by atoms with van der Waals surface area (Å²) in [5.74, 6) is 0.151. The fourth-order valence-electron chi connectivity index (χ4n) is 3.62. The summed E-state index contributed by atoms with van der Waals surface area (Å²) in [7, 11) is 1.70. The second-order valence-corrected chi connectivity index (χ2v) is 7.74. The molecule has 3 N–H and O–H groups in total. The average Bonchev–Trinajstić information content (AvgIpc) is 3.08. The number of amides is 1. The number of ether oxygens (including phenoxy) is 2. The maximum absolute atomic E-state index is 13.0. The van der Waals surface area contributed by atoms with E-state index in [1.165, 1.54) is 16.9 Å². The van der Waals surface area contributed by atoms with Crippen molar-refractivity contribution in [3.05, 3.63) is 41.4 Å². The van der Waals surface area contributed by atoms with Crippen LogP contribution in [0.3, 0.4) is 0 Å². The summed E-state index contributed by atoms with van der Waals surface area (Å²) < 4.78 is 12.8. The molecule has 1 saturated heterocycles. The largest absolute Gasteiger partial charge is 0.487 e. The Kier molecular flexibility index (Phi) is 6.50. The Bertz CT molecular complexity index is 1070. The first-order valence-corrected chi connectivity index (χ1v) is 10.4. The first-order chi connectivity index (χ1) is 15.0. The van der Waals surface area contributed by atoms with E-state index in [4.69, 9.17) is 26.8 Å². The molecule has 0 unspecified atom stereocenters. The van der Waals surface area contributed by atoms with E-state index in [0.717, 1.165) is 32.5 Å². The molecule has 0 radical (unpaired) electrons. The number of hydrogen-bond donors (Lipinski definition) is 2. The van der Waals surface area contributed by atoms with Crippen molar-refractivity contribution in [1.82, 2.24) is 24.5 Å². The number of pyridine rings is 1. The number of methoxy groups -OCH3 is 1. The van der Waals surface area contributed by atoms with Gasteiger partial charge in [0.15, 0.2) is 11.5 Å². The molecule has 3 aromatic rings. The predicted octanol–water partition coefficient (Wildman–Crippen LogP) is 2.10. The molecule has 4 rings (SSSR count). The number of nitrogens with zero attached hydrogens (tertiary/aromatic N) is 5. The summed E-state index contributed by atoms with van der Waals surface area (Å²) in [6.07, 6.45) is 8.13. The van der Waals surface area contributed by atoms with Crippen LogP contribution in [0.15, 0.2) is 30.9 Å². The van der Waals surface area contributed by atoms with Gasteiger partial charge in [-0.2, -0.15) is 0 Å². The molecule has 11 heteroatoms. The van der Waals surface area contributed by atoms with Crippen LogP contribution in [-0.2, 0) is 4.74 Å². The number of aromatic nitrogens is 4. The van der Waals surface area contributed by atoms with Crippen LogP contribution in [0.4, 0.5) is 11.5 Å². The molecule has 0 aliphatic carbocycles. The lowest BCUT2D eigenvalue weighted by molar-refractivity contribution is 0.0685. The number of nitrogen functional groups attached to an aromatic ring is 1. The zero-order valence-electron chi connectivity index (χ0n) is 17.1. The van der Waals surface area contributed by atoms with Gasteiger partial charge >= 0.3 is 0 Å². The minimum Gasteiger partial charge on any atom is -0.487 e. The first kappa shape index (κ1) is 21.3. The number of rotatable bonds is 7. The summed E-state index contributed by atoms with van der Waals surface area (Å²) in [4.78, 5) is 23.6. The van der Waals surface area contributed by atoms with E-state index < -0.39 is 5.91 Å². The molecular formula is C20H24ClN7O3. The third-order valence-electron chi connectivity index (χ3n) is 5.09. The number of hydrogen-bond acceptors (Lipinski definition) is 8. The Morgan fingerprint density at radius 2 is 2.29 bits per heavy atom. The predicted molar refractivity (Wildman–Crippen MR) is 117 cm³/mol. The van der Waals surface area contributed by atoms with E-state index in [9.17, 15) is 4.79 Å². The molecule has 1 aliphatic rings. The molecule has 1 fully saturated rings. The van der Waals surface area contributed by atoms with Gasteiger partial charge in [0.2, 0.25) is 0 Å². The van der Waals surface area contributed by atoms with Gasteiger partial charge in [0, 0.05) is 38.7 Å². The van der Waals surface area contributed by atoms with Crippen LogP contribution in [0.5, 0.6) is 5.75 Å². The summed E-state index contributed by atoms with van der Waals surface area (Å²) >= 11 is 5.94. The number of fused-ring (bicyclic) bond motifs is 1. The second-order valence-electron chi connectivity index (χ2n) is 7.30. The summed E-state index contributed by atoms with van der Waals surface area (Å²) in [6.45, 7) is 3.36. The molecule has 0 spiro atoms. The van der Waals surface area contributed by atoms with Gasteiger partial charge in [-0.1, -0.05) is 11.6 Å². The summed E-state index contributed by atoms with van der Waals surface area (Å²) in [5, 5.41) is 7.32. The highest BCUT2D eigenvalue weighted by molar-refractivity contribution is 6.30. The molecule has 0 saturated carbocycles. The standard InChI is InChI=1S/C20H24ClN7O3/c1-30-8-7-27-6-2-3-14(12-27)31-16-4-5-23-10-15(16)25-20(29)17-18(22)26-28-11-13(21)9-24-19(17)28/h4-5,9-11,14H,2-3,6-8,12H2,1H3,(H2,22,26)(H,25,29)/t14-/m0/s1. The second kappa shape index (κ2) is 9.46. The normalized spacial score (nSPS) is 17.0. The highest BCUT2D eigenvalue weighted by atomic mass is 35.5. The highest BCUT2D eigenvalue weighted by Crippen LogP contribution is 2.28. The molecule has 31 heavy (non-hydrogen) atoms. The Morgan fingerprint density at radius 3 is 3.13 bits per heavy atom. The van der Waals surface area contributed by atoms with E-state index in [0.29, 0.717) is 28.7 Å². The Balaban J connectivity index is 1.50. The van der Waals surface area contributed by atoms with Gasteiger partial charge in [-0.3, -0.25) is 14.7 Å². The van der Waals surface area contributed by atoms with Gasteiger partial charge in [-0.15, -0.1) is 5.10 Å². The minimum absolute atomic E-state index is 0.00881. The van der Waals surface area contributed by atoms with Crippen molar-refractivity contribution in [2.75, 3.05) is 44.4 Å². The van der Waals surface area contributed by atoms with E-state index >= 15 is 0 Å². The number of anilines is 2. The maximum Gasteiger partial charge on any atom is 0.263 e. The highest BCUT2D eigenvalue weighted by Gasteiger charge is 2.24. The van der Waals surface area contributed by atoms with E-state index in [2.05, 4.69) is 25.3 Å². The molecule has 0 aromatic carbocycles. The number of piperidine rings is 1. The number of carbonyl (C=O) groups excluding carboxylic acids is 1. The van der Waals surface area contributed by atoms with Gasteiger partial charge in [0.25, 0.3) is 5.91 Å². The lowest BCUT2D eigenvalue weighted by Gasteiger charge is -2.33. The Morgan fingerprint density at radius 1 is 1.42 bits per heavy atom. The number of carbonyl (C=O) groups is 1. The number of likely N-dealkylation sites (tertiary alicyclic amines) is 1. The third kappa shape index (κ3) is 4.87. The quantitative estimate of drug-likeness (QED) is 0.567. The van der Waals surface area contributed by atoms with Crippen LogP contribution in [-0.4, -0.2) is 69.8 Å². The van der Waals surface area contributed by atoms with Crippen molar-refractivity contribution in [2.45, 2.75) is 18.9 Å². The van der Waals surface area contributed by atoms with Crippen LogP contribution in [0.25, 0.3) is 5.65 Å². The summed E-state index contributed by atoms with van der Waals surface area (Å²) in [5.41, 5.74) is 6.89. The average molecular weight is 446 g/mol. The smallest absolute Gasteiger partial charge is 0.263 e. The minimum atomic E-state index is -0.453. The zero-order chi connectivity index (χ0) is 21.8. The molecule has 0 bridgehead atoms. The van der Waals surface area contributed by atoms with E-state index in [1.807, 2.05) is 0 Å². The van der Waals surface area contributed by atoms with Crippen molar-refractivity contribution in [3.8, 4) is 5.75 Å². The molecular weight excluding hydrogens is 422 g/mol. The van der Waals surface area contributed by atoms with Gasteiger partial charge in [0.1, 0.15) is 23.1 Å². The lowest BCUT2D eigenvalue weighted by atomic mass is 10.1. The van der Waals surface area contributed by atoms with Crippen LogP contribution in [0.2, 0.25) is 5.02 Å². The van der Waals surface area contributed by atoms with E-state index in [1.54, 1.807) is 25.6 Å². The molecule has 4 heterocycles. The topological polar surface area (TPSA) is 120 Å². The molecule has 10 nitrogen and oxygen atoms in total. The van der Waals surface area contributed by atoms with Crippen LogP contribution >= 0.6 is 11.6 Å². The van der Waals surface area contributed by atoms with Gasteiger partial charge in [-0.25, -0.2) is 9.50 Å². The fourth-order valence-corrected chi connectivity index (χ4v) is 3.76. The van der Waals surface area contributed by atoms with Gasteiger partial charge in [-0.05, 0) is 19.4 Å². The molecule has 1 atom stereocenters. The molecule has 3 aromatic heterocycles. The van der Waals surface area contributed by atoms with Crippen molar-refractivity contribution in [1.29, 1.82) is 0 Å². The summed E-state index contributed by atoms with van der Waals surface area (Å²) in [6, 6.07) is 1.74. The number of nitrogens with one attached hydrogen (secondary N) is 1. The van der Waals surface area contributed by atoms with Crippen molar-refractivity contribution >= 4 is 34.7 Å². The van der Waals surface area contributed by atoms with Crippen LogP contribution in [0.1, 0.15) is 23.2 Å². The number of halogens is 1. The molecule has 164 valence electrons.